The second-order valence-corrected chi connectivity index (χ2v) is 9.31. The minimum atomic E-state index is -4.44. The van der Waals surface area contributed by atoms with Crippen LogP contribution in [-0.4, -0.2) is 47.2 Å². The number of methoxy groups -OCH3 is 1. The quantitative estimate of drug-likeness (QED) is 0.460. The number of para-hydroxylation sites is 1. The lowest BCUT2D eigenvalue weighted by Gasteiger charge is -2.37. The molecule has 0 saturated carbocycles. The predicted octanol–water partition coefficient (Wildman–Crippen LogP) is 4.28. The first kappa shape index (κ1) is 26.5. The molecule has 1 aliphatic heterocycles. The van der Waals surface area contributed by atoms with Gasteiger partial charge in [0.25, 0.3) is 0 Å². The number of alkyl halides is 3. The maximum Gasteiger partial charge on any atom is 0.416 e. The molecule has 0 radical (unpaired) electrons. The van der Waals surface area contributed by atoms with Crippen LogP contribution >= 0.6 is 0 Å². The summed E-state index contributed by atoms with van der Waals surface area (Å²) < 4.78 is 52.3. The first-order chi connectivity index (χ1) is 17.7. The van der Waals surface area contributed by atoms with Gasteiger partial charge in [0.1, 0.15) is 17.3 Å². The lowest BCUT2D eigenvalue weighted by atomic mass is 9.88. The van der Waals surface area contributed by atoms with Crippen molar-refractivity contribution in [1.29, 1.82) is 0 Å². The normalized spacial score (nSPS) is 18.4. The minimum absolute atomic E-state index is 0.0504. The summed E-state index contributed by atoms with van der Waals surface area (Å²) in [4.78, 5) is 19.7. The molecule has 7 nitrogen and oxygen atoms in total. The van der Waals surface area contributed by atoms with Crippen molar-refractivity contribution in [2.45, 2.75) is 25.7 Å². The number of carbonyl (C=O) groups is 1. The first-order valence-corrected chi connectivity index (χ1v) is 12.1. The Morgan fingerprint density at radius 3 is 2.70 bits per heavy atom. The molecule has 1 aromatic heterocycles. The van der Waals surface area contributed by atoms with Crippen LogP contribution in [0.1, 0.15) is 23.4 Å². The number of benzene rings is 2. The van der Waals surface area contributed by atoms with E-state index < -0.39 is 11.7 Å². The van der Waals surface area contributed by atoms with Crippen molar-refractivity contribution in [2.75, 3.05) is 26.8 Å². The topological polar surface area (TPSA) is 68.6 Å². The monoisotopic (exact) mass is 516 g/mol. The summed E-state index contributed by atoms with van der Waals surface area (Å²) in [5.41, 5.74) is 0.127. The molecule has 2 aromatic carbocycles. The fourth-order valence-corrected chi connectivity index (χ4v) is 4.64. The third-order valence-corrected chi connectivity index (χ3v) is 6.56. The molecule has 2 atom stereocenters. The van der Waals surface area contributed by atoms with Crippen molar-refractivity contribution in [3.8, 4) is 11.5 Å². The van der Waals surface area contributed by atoms with Gasteiger partial charge in [0.15, 0.2) is 0 Å². The smallest absolute Gasteiger partial charge is 0.416 e. The molecule has 1 fully saturated rings. The first-order valence-electron chi connectivity index (χ1n) is 12.1. The summed E-state index contributed by atoms with van der Waals surface area (Å²) in [6, 6.07) is 12.4. The van der Waals surface area contributed by atoms with E-state index >= 15 is 0 Å². The summed E-state index contributed by atoms with van der Waals surface area (Å²) in [7, 11) is 3.50. The van der Waals surface area contributed by atoms with Gasteiger partial charge in [-0.1, -0.05) is 24.3 Å². The fraction of sp³-hybridized carbons (Fsp3) is 0.407. The molecule has 4 rings (SSSR count). The Bertz CT molecular complexity index is 1200. The van der Waals surface area contributed by atoms with Crippen molar-refractivity contribution >= 4 is 5.91 Å². The van der Waals surface area contributed by atoms with Gasteiger partial charge in [-0.2, -0.15) is 13.2 Å². The largest absolute Gasteiger partial charge is 0.496 e. The zero-order chi connectivity index (χ0) is 26.4. The SMILES string of the molecule is COc1ccccc1CNC(=O)[C@@H]1C[C@H](COc2cccc(C(F)(F)F)c2)CN(Cc2nccn2C)C1. The molecule has 1 N–H and O–H groups in total. The molecule has 2 heterocycles. The van der Waals surface area contributed by atoms with Crippen LogP contribution in [0.5, 0.6) is 11.5 Å². The number of ether oxygens (including phenoxy) is 2. The van der Waals surface area contributed by atoms with Crippen molar-refractivity contribution in [3.63, 3.8) is 0 Å². The predicted molar refractivity (Wildman–Crippen MR) is 132 cm³/mol. The van der Waals surface area contributed by atoms with Crippen molar-refractivity contribution in [1.82, 2.24) is 19.8 Å². The number of nitrogens with zero attached hydrogens (tertiary/aromatic N) is 3. The number of rotatable bonds is 9. The molecule has 10 heteroatoms. The number of hydrogen-bond acceptors (Lipinski definition) is 5. The van der Waals surface area contributed by atoms with E-state index in [0.29, 0.717) is 38.3 Å². The summed E-state index contributed by atoms with van der Waals surface area (Å²) in [6.45, 7) is 2.28. The molecule has 198 valence electrons. The van der Waals surface area contributed by atoms with Crippen molar-refractivity contribution < 1.29 is 27.4 Å². The molecule has 37 heavy (non-hydrogen) atoms. The fourth-order valence-electron chi connectivity index (χ4n) is 4.64. The summed E-state index contributed by atoms with van der Waals surface area (Å²) >= 11 is 0. The van der Waals surface area contributed by atoms with Crippen molar-refractivity contribution in [2.24, 2.45) is 18.9 Å². The number of nitrogens with one attached hydrogen (secondary N) is 1. The lowest BCUT2D eigenvalue weighted by Crippen LogP contribution is -2.47. The number of aromatic nitrogens is 2. The molecule has 0 aliphatic carbocycles. The summed E-state index contributed by atoms with van der Waals surface area (Å²) in [5, 5.41) is 3.02. The van der Waals surface area contributed by atoms with Gasteiger partial charge in [-0.3, -0.25) is 9.69 Å². The number of halogens is 3. The molecular formula is C27H31F3N4O3. The Labute approximate surface area is 214 Å². The third-order valence-electron chi connectivity index (χ3n) is 6.56. The minimum Gasteiger partial charge on any atom is -0.496 e. The number of imidazole rings is 1. The van der Waals surface area contributed by atoms with Crippen LogP contribution in [0.4, 0.5) is 13.2 Å². The van der Waals surface area contributed by atoms with Gasteiger partial charge in [-0.25, -0.2) is 4.98 Å². The Balaban J connectivity index is 1.43. The highest BCUT2D eigenvalue weighted by Crippen LogP contribution is 2.32. The maximum absolute atomic E-state index is 13.2. The highest BCUT2D eigenvalue weighted by molar-refractivity contribution is 5.79. The number of piperidine rings is 1. The number of likely N-dealkylation sites (tertiary alicyclic amines) is 1. The van der Waals surface area contributed by atoms with Crippen LogP contribution < -0.4 is 14.8 Å². The highest BCUT2D eigenvalue weighted by atomic mass is 19.4. The van der Waals surface area contributed by atoms with Gasteiger partial charge in [0.05, 0.1) is 31.7 Å². The van der Waals surface area contributed by atoms with E-state index in [1.54, 1.807) is 13.3 Å². The average molecular weight is 517 g/mol. The van der Waals surface area contributed by atoms with Crippen molar-refractivity contribution in [3.05, 3.63) is 77.9 Å². The van der Waals surface area contributed by atoms with E-state index in [-0.39, 0.29) is 30.1 Å². The number of aryl methyl sites for hydroxylation is 1. The number of amides is 1. The second kappa shape index (κ2) is 11.7. The Kier molecular flexibility index (Phi) is 8.38. The van der Waals surface area contributed by atoms with Gasteiger partial charge < -0.3 is 19.4 Å². The Morgan fingerprint density at radius 2 is 1.97 bits per heavy atom. The zero-order valence-electron chi connectivity index (χ0n) is 20.9. The molecule has 0 unspecified atom stereocenters. The Hall–Kier alpha value is -3.53. The third kappa shape index (κ3) is 7.03. The van der Waals surface area contributed by atoms with Gasteiger partial charge in [0.2, 0.25) is 5.91 Å². The summed E-state index contributed by atoms with van der Waals surface area (Å²) in [5.74, 6) is 1.29. The van der Waals surface area contributed by atoms with Crippen LogP contribution in [-0.2, 0) is 31.1 Å². The molecule has 0 bridgehead atoms. The van der Waals surface area contributed by atoms with Crippen LogP contribution in [0.15, 0.2) is 60.9 Å². The molecule has 1 aliphatic rings. The van der Waals surface area contributed by atoms with Gasteiger partial charge >= 0.3 is 6.18 Å². The molecule has 3 aromatic rings. The van der Waals surface area contributed by atoms with E-state index in [0.717, 1.165) is 23.5 Å². The number of hydrogen-bond donors (Lipinski definition) is 1. The zero-order valence-corrected chi connectivity index (χ0v) is 20.9. The van der Waals surface area contributed by atoms with Crippen LogP contribution in [0.3, 0.4) is 0 Å². The summed E-state index contributed by atoms with van der Waals surface area (Å²) in [6.07, 6.45) is -0.280. The molecule has 1 saturated heterocycles. The van der Waals surface area contributed by atoms with Gasteiger partial charge in [-0.15, -0.1) is 0 Å². The van der Waals surface area contributed by atoms with E-state index in [4.69, 9.17) is 9.47 Å². The van der Waals surface area contributed by atoms with E-state index in [2.05, 4.69) is 15.2 Å². The van der Waals surface area contributed by atoms with Crippen LogP contribution in [0, 0.1) is 11.8 Å². The number of carbonyl (C=O) groups excluding carboxylic acids is 1. The van der Waals surface area contributed by atoms with E-state index in [9.17, 15) is 18.0 Å². The average Bonchev–Trinajstić information content (AvgIpc) is 3.29. The van der Waals surface area contributed by atoms with Crippen LogP contribution in [0.25, 0.3) is 0 Å². The van der Waals surface area contributed by atoms with Gasteiger partial charge in [-0.05, 0) is 30.7 Å². The van der Waals surface area contributed by atoms with Gasteiger partial charge in [0, 0.05) is 50.6 Å². The molecule has 0 spiro atoms. The Morgan fingerprint density at radius 1 is 1.16 bits per heavy atom. The molecular weight excluding hydrogens is 485 g/mol. The maximum atomic E-state index is 13.2. The second-order valence-electron chi connectivity index (χ2n) is 9.31. The lowest BCUT2D eigenvalue weighted by molar-refractivity contribution is -0.137. The van der Waals surface area contributed by atoms with E-state index in [1.807, 2.05) is 42.1 Å². The van der Waals surface area contributed by atoms with Crippen LogP contribution in [0.2, 0.25) is 0 Å². The highest BCUT2D eigenvalue weighted by Gasteiger charge is 2.33. The standard InChI is InChI=1S/C27H31F3N4O3/c1-33-11-10-31-25(33)17-34-15-19(18-37-23-8-5-7-22(13-23)27(28,29)30)12-21(16-34)26(35)32-14-20-6-3-4-9-24(20)36-2/h3-11,13,19,21H,12,14-18H2,1-2H3,(H,32,35)/t19-,21+/m0/s1. The molecule has 1 amide bonds. The van der Waals surface area contributed by atoms with E-state index in [1.165, 1.54) is 12.1 Å².